The molecule has 1 N–H and O–H groups in total. The van der Waals surface area contributed by atoms with E-state index in [9.17, 15) is 4.79 Å². The topological polar surface area (TPSA) is 55.8 Å². The Bertz CT molecular complexity index is 238. The molecule has 1 rings (SSSR count). The first kappa shape index (κ1) is 13.5. The van der Waals surface area contributed by atoms with Crippen LogP contribution in [0, 0.1) is 5.92 Å². The number of carbonyl (C=O) groups excluding carboxylic acids is 1. The third kappa shape index (κ3) is 4.10. The lowest BCUT2D eigenvalue weighted by molar-refractivity contribution is -0.176. The largest absolute Gasteiger partial charge is 0.458 e. The molecule has 0 aromatic carbocycles. The van der Waals surface area contributed by atoms with E-state index in [4.69, 9.17) is 14.6 Å². The highest BCUT2D eigenvalue weighted by Crippen LogP contribution is 2.30. The van der Waals surface area contributed by atoms with Crippen LogP contribution in [0.5, 0.6) is 0 Å². The molecule has 0 aliphatic heterocycles. The molecule has 0 heterocycles. The summed E-state index contributed by atoms with van der Waals surface area (Å²) in [4.78, 5) is 11.6. The number of rotatable bonds is 4. The summed E-state index contributed by atoms with van der Waals surface area (Å²) < 4.78 is 10.7. The molecular formula is C12H22O4. The maximum atomic E-state index is 11.6. The third-order valence-corrected chi connectivity index (χ3v) is 2.59. The highest BCUT2D eigenvalue weighted by Gasteiger charge is 2.33. The van der Waals surface area contributed by atoms with Crippen LogP contribution in [0.3, 0.4) is 0 Å². The molecule has 4 heteroatoms. The number of ether oxygens (including phenoxy) is 2. The molecule has 0 aromatic heterocycles. The van der Waals surface area contributed by atoms with Crippen LogP contribution in [0.2, 0.25) is 0 Å². The molecule has 0 saturated heterocycles. The zero-order valence-corrected chi connectivity index (χ0v) is 10.5. The van der Waals surface area contributed by atoms with Crippen molar-refractivity contribution in [3.63, 3.8) is 0 Å². The summed E-state index contributed by atoms with van der Waals surface area (Å²) in [5.74, 6) is 0.0239. The average Bonchev–Trinajstić information content (AvgIpc) is 2.07. The second-order valence-electron chi connectivity index (χ2n) is 5.45. The zero-order valence-electron chi connectivity index (χ0n) is 10.5. The molecule has 1 unspecified atom stereocenters. The minimum absolute atomic E-state index is 0.0969. The van der Waals surface area contributed by atoms with Gasteiger partial charge in [0.25, 0.3) is 0 Å². The number of esters is 1. The summed E-state index contributed by atoms with van der Waals surface area (Å²) in [6, 6.07) is 0. The lowest BCUT2D eigenvalue weighted by atomic mass is 9.83. The van der Waals surface area contributed by atoms with Gasteiger partial charge in [0.05, 0.1) is 6.10 Å². The van der Waals surface area contributed by atoms with Crippen molar-refractivity contribution in [2.24, 2.45) is 5.92 Å². The van der Waals surface area contributed by atoms with Gasteiger partial charge in [0.1, 0.15) is 5.60 Å². The van der Waals surface area contributed by atoms with E-state index in [2.05, 4.69) is 0 Å². The summed E-state index contributed by atoms with van der Waals surface area (Å²) in [5, 5.41) is 8.85. The maximum absolute atomic E-state index is 11.6. The Morgan fingerprint density at radius 1 is 1.44 bits per heavy atom. The molecule has 0 radical (unpaired) electrons. The third-order valence-electron chi connectivity index (χ3n) is 2.59. The second-order valence-corrected chi connectivity index (χ2v) is 5.45. The molecule has 0 spiro atoms. The molecule has 0 aromatic rings. The SMILES string of the molecule is CC(OC1CC(CO)C1)C(=O)OC(C)(C)C. The Kier molecular flexibility index (Phi) is 4.33. The minimum atomic E-state index is -0.524. The van der Waals surface area contributed by atoms with Crippen LogP contribution >= 0.6 is 0 Å². The first-order valence-corrected chi connectivity index (χ1v) is 5.81. The van der Waals surface area contributed by atoms with Gasteiger partial charge in [-0.05, 0) is 46.5 Å². The number of hydrogen-bond donors (Lipinski definition) is 1. The van der Waals surface area contributed by atoms with Crippen molar-refractivity contribution in [2.75, 3.05) is 6.61 Å². The molecular weight excluding hydrogens is 208 g/mol. The molecule has 1 aliphatic carbocycles. The Labute approximate surface area is 96.9 Å². The van der Waals surface area contributed by atoms with Crippen LogP contribution < -0.4 is 0 Å². The fourth-order valence-corrected chi connectivity index (χ4v) is 1.66. The first-order chi connectivity index (χ1) is 7.31. The van der Waals surface area contributed by atoms with Crippen molar-refractivity contribution >= 4 is 5.97 Å². The second kappa shape index (κ2) is 5.15. The zero-order chi connectivity index (χ0) is 12.3. The predicted octanol–water partition coefficient (Wildman–Crippen LogP) is 1.50. The van der Waals surface area contributed by atoms with Crippen LogP contribution in [0.4, 0.5) is 0 Å². The first-order valence-electron chi connectivity index (χ1n) is 5.81. The van der Waals surface area contributed by atoms with Crippen molar-refractivity contribution < 1.29 is 19.4 Å². The molecule has 1 fully saturated rings. The quantitative estimate of drug-likeness (QED) is 0.744. The normalized spacial score (nSPS) is 27.1. The highest BCUT2D eigenvalue weighted by atomic mass is 16.6. The van der Waals surface area contributed by atoms with Crippen molar-refractivity contribution in [1.29, 1.82) is 0 Å². The van der Waals surface area contributed by atoms with Crippen LogP contribution in [0.25, 0.3) is 0 Å². The van der Waals surface area contributed by atoms with E-state index >= 15 is 0 Å². The number of hydrogen-bond acceptors (Lipinski definition) is 4. The molecule has 1 atom stereocenters. The molecule has 0 bridgehead atoms. The van der Waals surface area contributed by atoms with Crippen LogP contribution in [0.1, 0.15) is 40.5 Å². The highest BCUT2D eigenvalue weighted by molar-refractivity contribution is 5.74. The van der Waals surface area contributed by atoms with Gasteiger partial charge >= 0.3 is 5.97 Å². The smallest absolute Gasteiger partial charge is 0.335 e. The van der Waals surface area contributed by atoms with E-state index in [1.54, 1.807) is 6.92 Å². The fourth-order valence-electron chi connectivity index (χ4n) is 1.66. The molecule has 0 amide bonds. The average molecular weight is 230 g/mol. The monoisotopic (exact) mass is 230 g/mol. The number of carbonyl (C=O) groups is 1. The van der Waals surface area contributed by atoms with Gasteiger partial charge in [-0.25, -0.2) is 4.79 Å². The van der Waals surface area contributed by atoms with Gasteiger partial charge in [0.15, 0.2) is 6.10 Å². The summed E-state index contributed by atoms with van der Waals surface area (Å²) in [5.41, 5.74) is -0.470. The molecule has 94 valence electrons. The van der Waals surface area contributed by atoms with Gasteiger partial charge in [-0.2, -0.15) is 0 Å². The lowest BCUT2D eigenvalue weighted by Gasteiger charge is -2.35. The standard InChI is InChI=1S/C12H22O4/c1-8(11(14)16-12(2,3)4)15-10-5-9(6-10)7-13/h8-10,13H,5-7H2,1-4H3. The predicted molar refractivity (Wildman–Crippen MR) is 60.0 cm³/mol. The van der Waals surface area contributed by atoms with Gasteiger partial charge in [-0.15, -0.1) is 0 Å². The lowest BCUT2D eigenvalue weighted by Crippen LogP contribution is -2.40. The van der Waals surface area contributed by atoms with Crippen LogP contribution in [0.15, 0.2) is 0 Å². The van der Waals surface area contributed by atoms with E-state index < -0.39 is 11.7 Å². The number of aliphatic hydroxyl groups is 1. The van der Waals surface area contributed by atoms with E-state index in [-0.39, 0.29) is 18.7 Å². The van der Waals surface area contributed by atoms with Gasteiger partial charge in [0.2, 0.25) is 0 Å². The minimum Gasteiger partial charge on any atom is -0.458 e. The summed E-state index contributed by atoms with van der Waals surface area (Å²) in [6.07, 6.45) is 1.25. The molecule has 1 aliphatic rings. The van der Waals surface area contributed by atoms with Crippen LogP contribution in [-0.2, 0) is 14.3 Å². The van der Waals surface area contributed by atoms with Gasteiger partial charge < -0.3 is 14.6 Å². The van der Waals surface area contributed by atoms with Crippen molar-refractivity contribution in [3.05, 3.63) is 0 Å². The van der Waals surface area contributed by atoms with Gasteiger partial charge in [-0.3, -0.25) is 0 Å². The van der Waals surface area contributed by atoms with Crippen molar-refractivity contribution in [1.82, 2.24) is 0 Å². The van der Waals surface area contributed by atoms with E-state index in [1.807, 2.05) is 20.8 Å². The molecule has 4 nitrogen and oxygen atoms in total. The maximum Gasteiger partial charge on any atom is 0.335 e. The Morgan fingerprint density at radius 2 is 2.00 bits per heavy atom. The Hall–Kier alpha value is -0.610. The fraction of sp³-hybridized carbons (Fsp3) is 0.917. The molecule has 16 heavy (non-hydrogen) atoms. The van der Waals surface area contributed by atoms with Gasteiger partial charge in [-0.1, -0.05) is 0 Å². The summed E-state index contributed by atoms with van der Waals surface area (Å²) >= 11 is 0. The van der Waals surface area contributed by atoms with Crippen molar-refractivity contribution in [3.8, 4) is 0 Å². The van der Waals surface area contributed by atoms with E-state index in [0.29, 0.717) is 5.92 Å². The van der Waals surface area contributed by atoms with Gasteiger partial charge in [0, 0.05) is 6.61 Å². The van der Waals surface area contributed by atoms with Crippen LogP contribution in [-0.4, -0.2) is 35.5 Å². The summed E-state index contributed by atoms with van der Waals surface area (Å²) in [7, 11) is 0. The molecule has 1 saturated carbocycles. The van der Waals surface area contributed by atoms with E-state index in [1.165, 1.54) is 0 Å². The number of aliphatic hydroxyl groups excluding tert-OH is 1. The van der Waals surface area contributed by atoms with Crippen molar-refractivity contribution in [2.45, 2.75) is 58.3 Å². The Morgan fingerprint density at radius 3 is 2.44 bits per heavy atom. The van der Waals surface area contributed by atoms with E-state index in [0.717, 1.165) is 12.8 Å². The Balaban J connectivity index is 2.25. The summed E-state index contributed by atoms with van der Waals surface area (Å²) in [6.45, 7) is 7.43.